The molecule has 23 heavy (non-hydrogen) atoms. The zero-order valence-electron chi connectivity index (χ0n) is 13.2. The lowest BCUT2D eigenvalue weighted by Crippen LogP contribution is -2.38. The quantitative estimate of drug-likeness (QED) is 0.882. The van der Waals surface area contributed by atoms with Crippen LogP contribution >= 0.6 is 12.4 Å². The maximum atomic E-state index is 10.2. The summed E-state index contributed by atoms with van der Waals surface area (Å²) in [7, 11) is 0. The molecule has 1 aliphatic heterocycles. The van der Waals surface area contributed by atoms with Crippen LogP contribution in [0.5, 0.6) is 0 Å². The average Bonchev–Trinajstić information content (AvgIpc) is 2.56. The Balaban J connectivity index is 0.00000192. The third kappa shape index (κ3) is 5.33. The van der Waals surface area contributed by atoms with Crippen molar-refractivity contribution in [1.29, 1.82) is 0 Å². The number of aliphatic hydroxyl groups excluding tert-OH is 1. The summed E-state index contributed by atoms with van der Waals surface area (Å²) in [6, 6.07) is 18.6. The summed E-state index contributed by atoms with van der Waals surface area (Å²) in [6.07, 6.45) is 0.627. The second kappa shape index (κ2) is 9.04. The maximum Gasteiger partial charge on any atom is 0.0900 e. The van der Waals surface area contributed by atoms with Crippen LogP contribution in [-0.4, -0.2) is 35.8 Å². The number of ether oxygens (including phenoxy) is 1. The minimum Gasteiger partial charge on any atom is -0.389 e. The second-order valence-corrected chi connectivity index (χ2v) is 5.91. The molecule has 1 atom stereocenters. The fourth-order valence-electron chi connectivity index (χ4n) is 2.95. The highest BCUT2D eigenvalue weighted by Crippen LogP contribution is 2.18. The molecule has 0 saturated heterocycles. The summed E-state index contributed by atoms with van der Waals surface area (Å²) in [5.41, 5.74) is 3.96. The molecule has 4 heteroatoms. The van der Waals surface area contributed by atoms with E-state index in [1.165, 1.54) is 11.1 Å². The molecule has 0 fully saturated rings. The van der Waals surface area contributed by atoms with Crippen LogP contribution in [0.3, 0.4) is 0 Å². The second-order valence-electron chi connectivity index (χ2n) is 5.91. The Morgan fingerprint density at radius 1 is 1.00 bits per heavy atom. The van der Waals surface area contributed by atoms with Gasteiger partial charge in [-0.15, -0.1) is 12.4 Å². The van der Waals surface area contributed by atoms with Gasteiger partial charge in [-0.1, -0.05) is 54.6 Å². The average molecular weight is 334 g/mol. The van der Waals surface area contributed by atoms with Crippen molar-refractivity contribution in [1.82, 2.24) is 4.90 Å². The summed E-state index contributed by atoms with van der Waals surface area (Å²) < 4.78 is 5.62. The fraction of sp³-hybridized carbons (Fsp3) is 0.368. The molecular formula is C19H24ClNO2. The maximum absolute atomic E-state index is 10.2. The summed E-state index contributed by atoms with van der Waals surface area (Å²) in [5.74, 6) is 0. The first-order valence-electron chi connectivity index (χ1n) is 7.90. The van der Waals surface area contributed by atoms with Crippen LogP contribution in [0.4, 0.5) is 0 Å². The minimum atomic E-state index is -0.436. The molecule has 0 spiro atoms. The smallest absolute Gasteiger partial charge is 0.0900 e. The Labute approximate surface area is 144 Å². The van der Waals surface area contributed by atoms with Crippen LogP contribution < -0.4 is 0 Å². The normalized spacial score (nSPS) is 15.5. The van der Waals surface area contributed by atoms with Gasteiger partial charge in [-0.3, -0.25) is 4.90 Å². The van der Waals surface area contributed by atoms with Gasteiger partial charge in [-0.05, 0) is 23.1 Å². The Morgan fingerprint density at radius 3 is 2.48 bits per heavy atom. The molecule has 124 valence electrons. The molecule has 0 amide bonds. The molecule has 3 nitrogen and oxygen atoms in total. The lowest BCUT2D eigenvalue weighted by molar-refractivity contribution is 0.00774. The molecule has 0 aromatic heterocycles. The van der Waals surface area contributed by atoms with Gasteiger partial charge < -0.3 is 9.84 Å². The number of fused-ring (bicyclic) bond motifs is 1. The predicted molar refractivity (Wildman–Crippen MR) is 94.8 cm³/mol. The highest BCUT2D eigenvalue weighted by molar-refractivity contribution is 5.85. The first-order valence-corrected chi connectivity index (χ1v) is 7.90. The number of halogens is 1. The molecule has 0 bridgehead atoms. The van der Waals surface area contributed by atoms with Crippen molar-refractivity contribution in [3.63, 3.8) is 0 Å². The zero-order chi connectivity index (χ0) is 15.2. The highest BCUT2D eigenvalue weighted by Gasteiger charge is 2.18. The third-order valence-corrected chi connectivity index (χ3v) is 4.10. The van der Waals surface area contributed by atoms with E-state index >= 15 is 0 Å². The van der Waals surface area contributed by atoms with E-state index in [1.807, 2.05) is 30.3 Å². The van der Waals surface area contributed by atoms with Crippen molar-refractivity contribution in [2.75, 3.05) is 19.7 Å². The molecular weight excluding hydrogens is 310 g/mol. The minimum absolute atomic E-state index is 0. The molecule has 1 N–H and O–H groups in total. The van der Waals surface area contributed by atoms with Crippen molar-refractivity contribution < 1.29 is 9.84 Å². The summed E-state index contributed by atoms with van der Waals surface area (Å²) in [6.45, 7) is 3.54. The number of benzene rings is 2. The fourth-order valence-corrected chi connectivity index (χ4v) is 2.95. The van der Waals surface area contributed by atoms with Gasteiger partial charge in [0.1, 0.15) is 0 Å². The van der Waals surface area contributed by atoms with E-state index in [1.54, 1.807) is 0 Å². The molecule has 0 radical (unpaired) electrons. The van der Waals surface area contributed by atoms with Gasteiger partial charge in [0.25, 0.3) is 0 Å². The van der Waals surface area contributed by atoms with Crippen molar-refractivity contribution >= 4 is 12.4 Å². The Bertz CT molecular complexity index is 591. The molecule has 2 aromatic rings. The Hall–Kier alpha value is -1.39. The first kappa shape index (κ1) is 18.0. The summed E-state index contributed by atoms with van der Waals surface area (Å²) in [4.78, 5) is 2.30. The first-order chi connectivity index (χ1) is 10.8. The predicted octanol–water partition coefficient (Wildman–Crippen LogP) is 3.04. The van der Waals surface area contributed by atoms with Crippen LogP contribution in [0, 0.1) is 0 Å². The molecule has 0 aliphatic carbocycles. The van der Waals surface area contributed by atoms with Gasteiger partial charge in [0.05, 0.1) is 19.3 Å². The number of β-amino-alcohol motifs (C(OH)–C–C–N with tert-alkyl or cyclic N) is 1. The van der Waals surface area contributed by atoms with Crippen LogP contribution in [0.15, 0.2) is 54.6 Å². The topological polar surface area (TPSA) is 32.7 Å². The van der Waals surface area contributed by atoms with E-state index in [9.17, 15) is 5.11 Å². The monoisotopic (exact) mass is 333 g/mol. The van der Waals surface area contributed by atoms with Gasteiger partial charge in [-0.2, -0.15) is 0 Å². The number of hydrogen-bond donors (Lipinski definition) is 1. The highest BCUT2D eigenvalue weighted by atomic mass is 35.5. The van der Waals surface area contributed by atoms with Crippen molar-refractivity contribution in [2.24, 2.45) is 0 Å². The van der Waals surface area contributed by atoms with Crippen LogP contribution in [0.25, 0.3) is 0 Å². The van der Waals surface area contributed by atoms with Crippen molar-refractivity contribution in [2.45, 2.75) is 25.7 Å². The molecule has 1 unspecified atom stereocenters. The van der Waals surface area contributed by atoms with E-state index < -0.39 is 6.10 Å². The summed E-state index contributed by atoms with van der Waals surface area (Å²) in [5, 5.41) is 10.2. The lowest BCUT2D eigenvalue weighted by Gasteiger charge is -2.30. The van der Waals surface area contributed by atoms with E-state index in [-0.39, 0.29) is 12.4 Å². The van der Waals surface area contributed by atoms with Crippen LogP contribution in [-0.2, 0) is 24.3 Å². The number of rotatable bonds is 6. The van der Waals surface area contributed by atoms with E-state index in [0.717, 1.165) is 25.1 Å². The van der Waals surface area contributed by atoms with Crippen LogP contribution in [0.1, 0.15) is 16.7 Å². The van der Waals surface area contributed by atoms with Gasteiger partial charge in [-0.25, -0.2) is 0 Å². The largest absolute Gasteiger partial charge is 0.389 e. The number of nitrogens with zero attached hydrogens (tertiary/aromatic N) is 1. The van der Waals surface area contributed by atoms with Gasteiger partial charge in [0.2, 0.25) is 0 Å². The standard InChI is InChI=1S/C19H23NO2.ClH/c21-19(15-22-14-16-6-2-1-3-7-16)13-20-11-10-17-8-4-5-9-18(17)12-20;/h1-9,19,21H,10-15H2;1H. The van der Waals surface area contributed by atoms with Gasteiger partial charge in [0, 0.05) is 19.6 Å². The van der Waals surface area contributed by atoms with Gasteiger partial charge in [0.15, 0.2) is 0 Å². The number of aliphatic hydroxyl groups is 1. The molecule has 0 saturated carbocycles. The number of hydrogen-bond acceptors (Lipinski definition) is 3. The van der Waals surface area contributed by atoms with E-state index in [0.29, 0.717) is 19.8 Å². The SMILES string of the molecule is Cl.OC(COCc1ccccc1)CN1CCc2ccccc2C1. The Kier molecular flexibility index (Phi) is 7.06. The third-order valence-electron chi connectivity index (χ3n) is 4.10. The molecule has 1 heterocycles. The van der Waals surface area contributed by atoms with Crippen molar-refractivity contribution in [3.8, 4) is 0 Å². The lowest BCUT2D eigenvalue weighted by atomic mass is 10.00. The van der Waals surface area contributed by atoms with Gasteiger partial charge >= 0.3 is 0 Å². The Morgan fingerprint density at radius 2 is 1.70 bits per heavy atom. The molecule has 3 rings (SSSR count). The van der Waals surface area contributed by atoms with Crippen LogP contribution in [0.2, 0.25) is 0 Å². The van der Waals surface area contributed by atoms with E-state index in [2.05, 4.69) is 29.2 Å². The summed E-state index contributed by atoms with van der Waals surface area (Å²) >= 11 is 0. The molecule has 2 aromatic carbocycles. The van der Waals surface area contributed by atoms with E-state index in [4.69, 9.17) is 4.74 Å². The van der Waals surface area contributed by atoms with Crippen molar-refractivity contribution in [3.05, 3.63) is 71.3 Å². The molecule has 1 aliphatic rings. The zero-order valence-corrected chi connectivity index (χ0v) is 14.0.